The summed E-state index contributed by atoms with van der Waals surface area (Å²) in [7, 11) is 0. The van der Waals surface area contributed by atoms with E-state index in [1.54, 1.807) is 0 Å². The molecule has 2 aliphatic rings. The van der Waals surface area contributed by atoms with Gasteiger partial charge in [0.2, 0.25) is 5.91 Å². The van der Waals surface area contributed by atoms with E-state index >= 15 is 0 Å². The third-order valence-electron chi connectivity index (χ3n) is 5.10. The predicted octanol–water partition coefficient (Wildman–Crippen LogP) is 2.92. The largest absolute Gasteiger partial charge is 0.392 e. The summed E-state index contributed by atoms with van der Waals surface area (Å²) in [6.45, 7) is 3.02. The Morgan fingerprint density at radius 1 is 1.11 bits per heavy atom. The molecule has 0 spiro atoms. The van der Waals surface area contributed by atoms with E-state index in [1.165, 1.54) is 32.1 Å². The van der Waals surface area contributed by atoms with Gasteiger partial charge in [-0.2, -0.15) is 0 Å². The van der Waals surface area contributed by atoms with Crippen LogP contribution < -0.4 is 11.1 Å². The molecule has 2 fully saturated rings. The van der Waals surface area contributed by atoms with Gasteiger partial charge in [-0.15, -0.1) is 0 Å². The number of carbonyl (C=O) groups excluding carboxylic acids is 1. The van der Waals surface area contributed by atoms with Gasteiger partial charge < -0.3 is 11.1 Å². The van der Waals surface area contributed by atoms with Crippen molar-refractivity contribution < 1.29 is 4.79 Å². The summed E-state index contributed by atoms with van der Waals surface area (Å²) in [5.41, 5.74) is 5.65. The molecule has 2 aliphatic carbocycles. The summed E-state index contributed by atoms with van der Waals surface area (Å²) < 4.78 is 0. The summed E-state index contributed by atoms with van der Waals surface area (Å²) >= 11 is 5.23. The average molecular weight is 282 g/mol. The molecule has 1 amide bonds. The number of thiocarbonyl (C=S) groups is 1. The van der Waals surface area contributed by atoms with Crippen molar-refractivity contribution in [2.75, 3.05) is 6.54 Å². The lowest BCUT2D eigenvalue weighted by atomic mass is 9.70. The van der Waals surface area contributed by atoms with Gasteiger partial charge in [-0.25, -0.2) is 0 Å². The molecule has 2 saturated carbocycles. The van der Waals surface area contributed by atoms with Crippen LogP contribution in [0.15, 0.2) is 0 Å². The fraction of sp³-hybridized carbons (Fsp3) is 0.867. The van der Waals surface area contributed by atoms with Crippen molar-refractivity contribution >= 4 is 23.1 Å². The first-order valence-corrected chi connectivity index (χ1v) is 7.98. The Labute approximate surface area is 121 Å². The number of carbonyl (C=O) groups is 1. The van der Waals surface area contributed by atoms with Crippen molar-refractivity contribution in [2.24, 2.45) is 16.6 Å². The standard InChI is InChI=1S/C15H26N2OS/c1-14(7-6-8-14)11-17-13(18)15(12(16)19)9-4-2-3-5-10-15/h2-11H2,1H3,(H2,16,19)(H,17,18). The second-order valence-corrected chi connectivity index (χ2v) is 7.15. The molecule has 0 heterocycles. The second kappa shape index (κ2) is 5.78. The summed E-state index contributed by atoms with van der Waals surface area (Å²) in [6.07, 6.45) is 9.86. The van der Waals surface area contributed by atoms with Gasteiger partial charge in [0.15, 0.2) is 0 Å². The zero-order valence-electron chi connectivity index (χ0n) is 12.0. The highest BCUT2D eigenvalue weighted by Gasteiger charge is 2.42. The molecule has 0 atom stereocenters. The third-order valence-corrected chi connectivity index (χ3v) is 5.49. The van der Waals surface area contributed by atoms with E-state index in [2.05, 4.69) is 12.2 Å². The van der Waals surface area contributed by atoms with E-state index in [4.69, 9.17) is 18.0 Å². The summed E-state index contributed by atoms with van der Waals surface area (Å²) in [6, 6.07) is 0. The molecule has 0 saturated heterocycles. The molecule has 0 unspecified atom stereocenters. The van der Waals surface area contributed by atoms with Crippen LogP contribution in [0.5, 0.6) is 0 Å². The molecular weight excluding hydrogens is 256 g/mol. The van der Waals surface area contributed by atoms with Gasteiger partial charge >= 0.3 is 0 Å². The molecule has 19 heavy (non-hydrogen) atoms. The predicted molar refractivity (Wildman–Crippen MR) is 81.9 cm³/mol. The topological polar surface area (TPSA) is 55.1 Å². The lowest BCUT2D eigenvalue weighted by Gasteiger charge is -2.40. The zero-order valence-corrected chi connectivity index (χ0v) is 12.8. The summed E-state index contributed by atoms with van der Waals surface area (Å²) in [4.78, 5) is 13.0. The lowest BCUT2D eigenvalue weighted by Crippen LogP contribution is -2.51. The Kier molecular flexibility index (Phi) is 4.49. The van der Waals surface area contributed by atoms with Crippen molar-refractivity contribution in [3.8, 4) is 0 Å². The molecular formula is C15H26N2OS. The van der Waals surface area contributed by atoms with Crippen LogP contribution in [0.3, 0.4) is 0 Å². The number of amides is 1. The third kappa shape index (κ3) is 3.10. The van der Waals surface area contributed by atoms with Crippen molar-refractivity contribution in [1.82, 2.24) is 5.32 Å². The molecule has 108 valence electrons. The van der Waals surface area contributed by atoms with Gasteiger partial charge in [-0.05, 0) is 31.1 Å². The molecule has 0 aliphatic heterocycles. The van der Waals surface area contributed by atoms with Crippen LogP contribution in [0.4, 0.5) is 0 Å². The minimum atomic E-state index is -0.577. The van der Waals surface area contributed by atoms with Gasteiger partial charge in [0.05, 0.1) is 10.4 Å². The first-order chi connectivity index (χ1) is 8.99. The van der Waals surface area contributed by atoms with Crippen molar-refractivity contribution in [2.45, 2.75) is 64.7 Å². The van der Waals surface area contributed by atoms with Gasteiger partial charge in [0.1, 0.15) is 0 Å². The SMILES string of the molecule is CC1(CNC(=O)C2(C(N)=S)CCCCCC2)CCC1. The van der Waals surface area contributed by atoms with Crippen LogP contribution in [-0.4, -0.2) is 17.4 Å². The van der Waals surface area contributed by atoms with Crippen LogP contribution in [0, 0.1) is 10.8 Å². The van der Waals surface area contributed by atoms with E-state index in [0.717, 1.165) is 32.2 Å². The van der Waals surface area contributed by atoms with Crippen LogP contribution >= 0.6 is 12.2 Å². The van der Waals surface area contributed by atoms with E-state index in [-0.39, 0.29) is 5.91 Å². The van der Waals surface area contributed by atoms with Crippen molar-refractivity contribution in [3.63, 3.8) is 0 Å². The van der Waals surface area contributed by atoms with Crippen molar-refractivity contribution in [3.05, 3.63) is 0 Å². The molecule has 4 heteroatoms. The Morgan fingerprint density at radius 3 is 2.11 bits per heavy atom. The van der Waals surface area contributed by atoms with E-state index in [9.17, 15) is 4.79 Å². The normalized spacial score (nSPS) is 24.9. The fourth-order valence-corrected chi connectivity index (χ4v) is 3.63. The first kappa shape index (κ1) is 14.8. The Hall–Kier alpha value is -0.640. The number of hydrogen-bond acceptors (Lipinski definition) is 2. The van der Waals surface area contributed by atoms with Crippen molar-refractivity contribution in [1.29, 1.82) is 0 Å². The Morgan fingerprint density at radius 2 is 1.68 bits per heavy atom. The molecule has 0 aromatic carbocycles. The minimum Gasteiger partial charge on any atom is -0.392 e. The zero-order chi connectivity index (χ0) is 13.9. The summed E-state index contributed by atoms with van der Waals surface area (Å²) in [5.74, 6) is 0.0787. The molecule has 3 nitrogen and oxygen atoms in total. The number of hydrogen-bond donors (Lipinski definition) is 2. The van der Waals surface area contributed by atoms with Crippen LogP contribution in [0.1, 0.15) is 64.7 Å². The van der Waals surface area contributed by atoms with Gasteiger partial charge in [-0.1, -0.05) is 51.2 Å². The van der Waals surface area contributed by atoms with Gasteiger partial charge in [-0.3, -0.25) is 4.79 Å². The smallest absolute Gasteiger partial charge is 0.233 e. The number of nitrogens with one attached hydrogen (secondary N) is 1. The van der Waals surface area contributed by atoms with Crippen LogP contribution in [0.25, 0.3) is 0 Å². The monoisotopic (exact) mass is 282 g/mol. The fourth-order valence-electron chi connectivity index (χ4n) is 3.34. The number of nitrogens with two attached hydrogens (primary N) is 1. The Balaban J connectivity index is 2.01. The molecule has 0 aromatic heterocycles. The maximum Gasteiger partial charge on any atom is 0.233 e. The Bertz CT molecular complexity index is 355. The average Bonchev–Trinajstić information content (AvgIpc) is 2.60. The molecule has 0 radical (unpaired) electrons. The highest BCUT2D eigenvalue weighted by molar-refractivity contribution is 7.80. The molecule has 0 aromatic rings. The van der Waals surface area contributed by atoms with Gasteiger partial charge in [0.25, 0.3) is 0 Å². The number of rotatable bonds is 4. The summed E-state index contributed by atoms with van der Waals surface area (Å²) in [5, 5.41) is 3.14. The van der Waals surface area contributed by atoms with E-state index in [1.807, 2.05) is 0 Å². The quantitative estimate of drug-likeness (QED) is 0.616. The van der Waals surface area contributed by atoms with Crippen LogP contribution in [-0.2, 0) is 4.79 Å². The maximum absolute atomic E-state index is 12.6. The van der Waals surface area contributed by atoms with Gasteiger partial charge in [0, 0.05) is 6.54 Å². The molecule has 3 N–H and O–H groups in total. The maximum atomic E-state index is 12.6. The first-order valence-electron chi connectivity index (χ1n) is 7.57. The highest BCUT2D eigenvalue weighted by Crippen LogP contribution is 2.40. The highest BCUT2D eigenvalue weighted by atomic mass is 32.1. The van der Waals surface area contributed by atoms with E-state index < -0.39 is 5.41 Å². The molecule has 2 rings (SSSR count). The second-order valence-electron chi connectivity index (χ2n) is 6.71. The van der Waals surface area contributed by atoms with Crippen LogP contribution in [0.2, 0.25) is 0 Å². The molecule has 0 bridgehead atoms. The minimum absolute atomic E-state index is 0.0787. The van der Waals surface area contributed by atoms with E-state index in [0.29, 0.717) is 10.4 Å². The lowest BCUT2D eigenvalue weighted by molar-refractivity contribution is -0.128.